The molecule has 0 aliphatic carbocycles. The minimum Gasteiger partial charge on any atom is -0.304 e. The highest BCUT2D eigenvalue weighted by Crippen LogP contribution is 2.18. The third-order valence-corrected chi connectivity index (χ3v) is 4.30. The summed E-state index contributed by atoms with van der Waals surface area (Å²) in [4.78, 5) is 23.3. The van der Waals surface area contributed by atoms with E-state index in [1.807, 2.05) is 31.2 Å². The maximum atomic E-state index is 12.1. The minimum absolute atomic E-state index is 0.192. The molecular weight excluding hydrogens is 386 g/mol. The molecule has 0 aliphatic rings. The van der Waals surface area contributed by atoms with E-state index in [0.717, 1.165) is 5.56 Å². The second kappa shape index (κ2) is 6.50. The van der Waals surface area contributed by atoms with E-state index >= 15 is 0 Å². The summed E-state index contributed by atoms with van der Waals surface area (Å²) in [6, 6.07) is 9.75. The van der Waals surface area contributed by atoms with Gasteiger partial charge in [0.15, 0.2) is 6.29 Å². The van der Waals surface area contributed by atoms with Gasteiger partial charge in [0, 0.05) is 11.0 Å². The molecule has 0 saturated carbocycles. The molecule has 0 unspecified atom stereocenters. The lowest BCUT2D eigenvalue weighted by atomic mass is 10.1. The molecule has 0 N–H and O–H groups in total. The summed E-state index contributed by atoms with van der Waals surface area (Å²) in [5, 5.41) is 0. The van der Waals surface area contributed by atoms with Gasteiger partial charge in [-0.2, -0.15) is 0 Å². The predicted octanol–water partition coefficient (Wildman–Crippen LogP) is 3.74. The zero-order valence-electron chi connectivity index (χ0n) is 10.9. The summed E-state index contributed by atoms with van der Waals surface area (Å²) < 4.78 is 2.54. The second-order valence-corrected chi connectivity index (χ2v) is 6.24. The van der Waals surface area contributed by atoms with Crippen molar-refractivity contribution in [1.82, 2.24) is 4.57 Å². The van der Waals surface area contributed by atoms with E-state index in [0.29, 0.717) is 33.9 Å². The van der Waals surface area contributed by atoms with Crippen LogP contribution in [0.1, 0.15) is 21.6 Å². The van der Waals surface area contributed by atoms with E-state index in [9.17, 15) is 9.59 Å². The van der Waals surface area contributed by atoms with E-state index in [1.165, 1.54) is 10.1 Å². The fourth-order valence-corrected chi connectivity index (χ4v) is 3.24. The Bertz CT molecular complexity index is 690. The number of pyridine rings is 1. The van der Waals surface area contributed by atoms with Crippen LogP contribution in [0.15, 0.2) is 44.1 Å². The van der Waals surface area contributed by atoms with Crippen LogP contribution in [-0.2, 0) is 13.0 Å². The topological polar surface area (TPSA) is 39.1 Å². The number of aryl methyl sites for hydroxylation is 2. The molecule has 2 rings (SSSR count). The second-order valence-electron chi connectivity index (χ2n) is 4.54. The third kappa shape index (κ3) is 3.27. The van der Waals surface area contributed by atoms with Crippen LogP contribution in [-0.4, -0.2) is 10.9 Å². The Morgan fingerprint density at radius 2 is 1.80 bits per heavy atom. The van der Waals surface area contributed by atoms with Crippen molar-refractivity contribution >= 4 is 38.1 Å². The van der Waals surface area contributed by atoms with Crippen LogP contribution in [0, 0.1) is 6.92 Å². The molecule has 1 aromatic carbocycles. The highest BCUT2D eigenvalue weighted by Gasteiger charge is 2.11. The van der Waals surface area contributed by atoms with Gasteiger partial charge in [-0.25, -0.2) is 0 Å². The molecule has 1 heterocycles. The van der Waals surface area contributed by atoms with Gasteiger partial charge in [0.1, 0.15) is 0 Å². The molecule has 3 nitrogen and oxygen atoms in total. The van der Waals surface area contributed by atoms with Crippen LogP contribution in [0.2, 0.25) is 0 Å². The van der Waals surface area contributed by atoms with Gasteiger partial charge >= 0.3 is 0 Å². The highest BCUT2D eigenvalue weighted by atomic mass is 79.9. The van der Waals surface area contributed by atoms with Gasteiger partial charge in [-0.1, -0.05) is 29.8 Å². The largest absolute Gasteiger partial charge is 0.304 e. The number of aromatic nitrogens is 1. The Morgan fingerprint density at radius 1 is 1.15 bits per heavy atom. The summed E-state index contributed by atoms with van der Waals surface area (Å²) in [5.74, 6) is 0. The van der Waals surface area contributed by atoms with Crippen molar-refractivity contribution in [3.63, 3.8) is 0 Å². The van der Waals surface area contributed by atoms with E-state index in [-0.39, 0.29) is 5.56 Å². The standard InChI is InChI=1S/C15H13Br2NO2/c1-10-2-4-11(5-3-10)6-7-18-14(9-19)12(16)8-13(17)15(18)20/h2-5,8-9H,6-7H2,1H3. The van der Waals surface area contributed by atoms with Gasteiger partial charge in [0.2, 0.25) is 0 Å². The number of carbonyl (C=O) groups is 1. The summed E-state index contributed by atoms with van der Waals surface area (Å²) in [5.41, 5.74) is 2.51. The van der Waals surface area contributed by atoms with Crippen LogP contribution in [0.4, 0.5) is 0 Å². The van der Waals surface area contributed by atoms with Crippen LogP contribution in [0.3, 0.4) is 0 Å². The van der Waals surface area contributed by atoms with Gasteiger partial charge in [0.05, 0.1) is 10.2 Å². The van der Waals surface area contributed by atoms with Crippen molar-refractivity contribution in [1.29, 1.82) is 0 Å². The van der Waals surface area contributed by atoms with Crippen molar-refractivity contribution in [2.45, 2.75) is 19.9 Å². The van der Waals surface area contributed by atoms with Crippen LogP contribution in [0.5, 0.6) is 0 Å². The number of rotatable bonds is 4. The number of halogens is 2. The lowest BCUT2D eigenvalue weighted by Crippen LogP contribution is -2.25. The van der Waals surface area contributed by atoms with Crippen molar-refractivity contribution in [2.75, 3.05) is 0 Å². The molecule has 0 atom stereocenters. The number of carbonyl (C=O) groups excluding carboxylic acids is 1. The average Bonchev–Trinajstić information content (AvgIpc) is 2.43. The molecule has 1 aromatic heterocycles. The zero-order valence-corrected chi connectivity index (χ0v) is 14.1. The Kier molecular flexibility index (Phi) is 4.94. The molecule has 0 aliphatic heterocycles. The first-order valence-electron chi connectivity index (χ1n) is 6.12. The van der Waals surface area contributed by atoms with Gasteiger partial charge in [-0.15, -0.1) is 0 Å². The van der Waals surface area contributed by atoms with Crippen LogP contribution < -0.4 is 5.56 Å². The van der Waals surface area contributed by atoms with Crippen LogP contribution in [0.25, 0.3) is 0 Å². The van der Waals surface area contributed by atoms with Crippen LogP contribution >= 0.6 is 31.9 Å². The van der Waals surface area contributed by atoms with Gasteiger partial charge in [0.25, 0.3) is 5.56 Å². The summed E-state index contributed by atoms with van der Waals surface area (Å²) in [7, 11) is 0. The number of aldehydes is 1. The molecular formula is C15H13Br2NO2. The lowest BCUT2D eigenvalue weighted by molar-refractivity contribution is 0.111. The first kappa shape index (κ1) is 15.2. The Balaban J connectivity index is 2.31. The van der Waals surface area contributed by atoms with E-state index in [2.05, 4.69) is 31.9 Å². The highest BCUT2D eigenvalue weighted by molar-refractivity contribution is 9.11. The van der Waals surface area contributed by atoms with Crippen molar-refractivity contribution in [3.8, 4) is 0 Å². The molecule has 0 fully saturated rings. The lowest BCUT2D eigenvalue weighted by Gasteiger charge is -2.11. The monoisotopic (exact) mass is 397 g/mol. The SMILES string of the molecule is Cc1ccc(CCn2c(C=O)c(Br)cc(Br)c2=O)cc1. The van der Waals surface area contributed by atoms with Gasteiger partial charge in [-0.05, 0) is 56.8 Å². The minimum atomic E-state index is -0.192. The van der Waals surface area contributed by atoms with E-state index < -0.39 is 0 Å². The van der Waals surface area contributed by atoms with Crippen molar-refractivity contribution in [3.05, 3.63) is 66.5 Å². The van der Waals surface area contributed by atoms with E-state index in [4.69, 9.17) is 0 Å². The zero-order chi connectivity index (χ0) is 14.7. The molecule has 0 amide bonds. The van der Waals surface area contributed by atoms with Crippen molar-refractivity contribution in [2.24, 2.45) is 0 Å². The molecule has 104 valence electrons. The molecule has 5 heteroatoms. The number of hydrogen-bond acceptors (Lipinski definition) is 2. The fourth-order valence-electron chi connectivity index (χ4n) is 1.95. The molecule has 0 bridgehead atoms. The Labute approximate surface area is 133 Å². The van der Waals surface area contributed by atoms with Gasteiger partial charge in [-0.3, -0.25) is 9.59 Å². The summed E-state index contributed by atoms with van der Waals surface area (Å²) >= 11 is 6.52. The molecule has 0 radical (unpaired) electrons. The number of nitrogens with zero attached hydrogens (tertiary/aromatic N) is 1. The quantitative estimate of drug-likeness (QED) is 0.736. The Hall–Kier alpha value is -1.20. The Morgan fingerprint density at radius 3 is 2.40 bits per heavy atom. The maximum Gasteiger partial charge on any atom is 0.265 e. The first-order chi connectivity index (χ1) is 9.52. The number of benzene rings is 1. The summed E-state index contributed by atoms with van der Waals surface area (Å²) in [6.45, 7) is 2.50. The molecule has 0 saturated heterocycles. The fraction of sp³-hybridized carbons (Fsp3) is 0.200. The van der Waals surface area contributed by atoms with E-state index in [1.54, 1.807) is 6.07 Å². The maximum absolute atomic E-state index is 12.1. The average molecular weight is 399 g/mol. The third-order valence-electron chi connectivity index (χ3n) is 3.09. The predicted molar refractivity (Wildman–Crippen MR) is 86.4 cm³/mol. The number of hydrogen-bond donors (Lipinski definition) is 0. The van der Waals surface area contributed by atoms with Crippen molar-refractivity contribution < 1.29 is 4.79 Å². The smallest absolute Gasteiger partial charge is 0.265 e. The molecule has 0 spiro atoms. The molecule has 2 aromatic rings. The first-order valence-corrected chi connectivity index (χ1v) is 7.71. The van der Waals surface area contributed by atoms with Gasteiger partial charge < -0.3 is 4.57 Å². The normalized spacial score (nSPS) is 10.6. The summed E-state index contributed by atoms with van der Waals surface area (Å²) in [6.07, 6.45) is 1.40. The molecule has 20 heavy (non-hydrogen) atoms.